The van der Waals surface area contributed by atoms with Crippen LogP contribution in [0.2, 0.25) is 0 Å². The molecule has 0 aliphatic rings. The van der Waals surface area contributed by atoms with Gasteiger partial charge in [-0.1, -0.05) is 42.5 Å². The quantitative estimate of drug-likeness (QED) is 0.577. The number of amides is 2. The molecule has 0 spiro atoms. The summed E-state index contributed by atoms with van der Waals surface area (Å²) in [5.74, 6) is 0. The first kappa shape index (κ1) is 18.6. The van der Waals surface area contributed by atoms with Crippen LogP contribution in [0.3, 0.4) is 0 Å². The number of nitrogens with one attached hydrogen (secondary N) is 2. The van der Waals surface area contributed by atoms with Gasteiger partial charge in [-0.05, 0) is 48.4 Å². The third kappa shape index (κ3) is 4.52. The second-order valence-corrected chi connectivity index (χ2v) is 7.36. The second kappa shape index (κ2) is 7.61. The highest BCUT2D eigenvalue weighted by atomic mass is 32.2. The van der Waals surface area contributed by atoms with Crippen molar-refractivity contribution >= 4 is 27.5 Å². The number of hydrogen-bond acceptors (Lipinski definition) is 3. The summed E-state index contributed by atoms with van der Waals surface area (Å²) in [5.41, 5.74) is 3.21. The smallest absolute Gasteiger partial charge is 0.308 e. The molecule has 27 heavy (non-hydrogen) atoms. The van der Waals surface area contributed by atoms with Crippen LogP contribution in [0.15, 0.2) is 77.7 Å². The minimum Gasteiger partial charge on any atom is -0.308 e. The van der Waals surface area contributed by atoms with Crippen molar-refractivity contribution in [3.05, 3.63) is 78.4 Å². The monoisotopic (exact) mass is 382 g/mol. The van der Waals surface area contributed by atoms with Gasteiger partial charge in [0.05, 0.1) is 10.6 Å². The molecule has 0 fully saturated rings. The summed E-state index contributed by atoms with van der Waals surface area (Å²) in [7, 11) is -4.33. The van der Waals surface area contributed by atoms with Crippen LogP contribution in [0.5, 0.6) is 0 Å². The molecule has 0 radical (unpaired) electrons. The predicted octanol–water partition coefficient (Wildman–Crippen LogP) is 4.55. The number of para-hydroxylation sites is 2. The van der Waals surface area contributed by atoms with Gasteiger partial charge in [-0.15, -0.1) is 0 Å². The molecule has 0 aliphatic carbocycles. The van der Waals surface area contributed by atoms with Crippen molar-refractivity contribution < 1.29 is 17.8 Å². The fourth-order valence-electron chi connectivity index (χ4n) is 2.68. The van der Waals surface area contributed by atoms with E-state index >= 15 is 0 Å². The van der Waals surface area contributed by atoms with Gasteiger partial charge in [0.15, 0.2) is 0 Å². The standard InChI is InChI=1S/C20H18N2O4S/c1-14-11-12-16(27(24,25)26)13-18(14)17-9-5-6-10-19(17)22-20(23)21-15-7-3-2-4-8-15/h2-13H,1H3,(H2,21,22,23)(H,24,25,26). The van der Waals surface area contributed by atoms with Gasteiger partial charge in [-0.25, -0.2) is 4.79 Å². The van der Waals surface area contributed by atoms with E-state index in [1.807, 2.05) is 25.1 Å². The van der Waals surface area contributed by atoms with E-state index in [1.54, 1.807) is 42.5 Å². The van der Waals surface area contributed by atoms with Crippen LogP contribution in [-0.2, 0) is 10.1 Å². The maximum Gasteiger partial charge on any atom is 0.323 e. The number of benzene rings is 3. The Labute approximate surface area is 157 Å². The Morgan fingerprint density at radius 3 is 2.22 bits per heavy atom. The van der Waals surface area contributed by atoms with Gasteiger partial charge < -0.3 is 10.6 Å². The van der Waals surface area contributed by atoms with Crippen LogP contribution in [-0.4, -0.2) is 19.0 Å². The Bertz CT molecular complexity index is 1080. The Balaban J connectivity index is 1.94. The van der Waals surface area contributed by atoms with E-state index in [9.17, 15) is 17.8 Å². The average Bonchev–Trinajstić information content (AvgIpc) is 2.62. The molecule has 138 valence electrons. The molecule has 0 saturated carbocycles. The molecular formula is C20H18N2O4S. The van der Waals surface area contributed by atoms with Crippen molar-refractivity contribution in [2.45, 2.75) is 11.8 Å². The molecule has 3 aromatic rings. The summed E-state index contributed by atoms with van der Waals surface area (Å²) in [4.78, 5) is 12.1. The highest BCUT2D eigenvalue weighted by Crippen LogP contribution is 2.32. The van der Waals surface area contributed by atoms with Gasteiger partial charge in [-0.2, -0.15) is 8.42 Å². The molecule has 0 aromatic heterocycles. The minimum absolute atomic E-state index is 0.202. The van der Waals surface area contributed by atoms with Crippen LogP contribution < -0.4 is 10.6 Å². The van der Waals surface area contributed by atoms with E-state index in [-0.39, 0.29) is 4.90 Å². The first-order chi connectivity index (χ1) is 12.8. The number of aryl methyl sites for hydroxylation is 1. The number of rotatable bonds is 4. The van der Waals surface area contributed by atoms with Crippen LogP contribution in [0, 0.1) is 6.92 Å². The van der Waals surface area contributed by atoms with E-state index in [2.05, 4.69) is 10.6 Å². The normalized spacial score (nSPS) is 11.0. The Morgan fingerprint density at radius 1 is 0.852 bits per heavy atom. The van der Waals surface area contributed by atoms with E-state index in [1.165, 1.54) is 12.1 Å². The van der Waals surface area contributed by atoms with Gasteiger partial charge in [0, 0.05) is 11.3 Å². The summed E-state index contributed by atoms with van der Waals surface area (Å²) >= 11 is 0. The molecule has 3 aromatic carbocycles. The van der Waals surface area contributed by atoms with Crippen molar-refractivity contribution in [2.75, 3.05) is 10.6 Å². The number of urea groups is 1. The third-order valence-corrected chi connectivity index (χ3v) is 4.85. The zero-order chi connectivity index (χ0) is 19.4. The molecule has 0 atom stereocenters. The van der Waals surface area contributed by atoms with E-state index < -0.39 is 16.1 Å². The lowest BCUT2D eigenvalue weighted by Gasteiger charge is -2.14. The molecule has 0 saturated heterocycles. The number of carbonyl (C=O) groups is 1. The molecule has 0 unspecified atom stereocenters. The molecule has 0 bridgehead atoms. The molecule has 6 nitrogen and oxygen atoms in total. The van der Waals surface area contributed by atoms with Gasteiger partial charge in [0.1, 0.15) is 0 Å². The highest BCUT2D eigenvalue weighted by molar-refractivity contribution is 7.85. The maximum atomic E-state index is 12.3. The van der Waals surface area contributed by atoms with Crippen molar-refractivity contribution in [3.8, 4) is 11.1 Å². The molecule has 3 rings (SSSR count). The van der Waals surface area contributed by atoms with Crippen LogP contribution in [0.25, 0.3) is 11.1 Å². The van der Waals surface area contributed by atoms with E-state index in [0.717, 1.165) is 5.56 Å². The number of carbonyl (C=O) groups excluding carboxylic acids is 1. The van der Waals surface area contributed by atoms with Crippen molar-refractivity contribution in [1.82, 2.24) is 0 Å². The molecule has 0 aliphatic heterocycles. The van der Waals surface area contributed by atoms with Gasteiger partial charge in [-0.3, -0.25) is 4.55 Å². The molecule has 2 amide bonds. The van der Waals surface area contributed by atoms with Crippen molar-refractivity contribution in [3.63, 3.8) is 0 Å². The first-order valence-electron chi connectivity index (χ1n) is 8.15. The van der Waals surface area contributed by atoms with Crippen molar-refractivity contribution in [1.29, 1.82) is 0 Å². The number of anilines is 2. The SMILES string of the molecule is Cc1ccc(S(=O)(=O)O)cc1-c1ccccc1NC(=O)Nc1ccccc1. The largest absolute Gasteiger partial charge is 0.323 e. The van der Waals surface area contributed by atoms with Gasteiger partial charge >= 0.3 is 6.03 Å². The minimum atomic E-state index is -4.33. The topological polar surface area (TPSA) is 95.5 Å². The average molecular weight is 382 g/mol. The molecular weight excluding hydrogens is 364 g/mol. The molecule has 0 heterocycles. The number of hydrogen-bond donors (Lipinski definition) is 3. The lowest BCUT2D eigenvalue weighted by Crippen LogP contribution is -2.19. The van der Waals surface area contributed by atoms with Gasteiger partial charge in [0.2, 0.25) is 0 Å². The van der Waals surface area contributed by atoms with E-state index in [4.69, 9.17) is 0 Å². The summed E-state index contributed by atoms with van der Waals surface area (Å²) < 4.78 is 32.3. The summed E-state index contributed by atoms with van der Waals surface area (Å²) in [6.07, 6.45) is 0. The Hall–Kier alpha value is -3.16. The first-order valence-corrected chi connectivity index (χ1v) is 9.59. The summed E-state index contributed by atoms with van der Waals surface area (Å²) in [6.45, 7) is 1.82. The second-order valence-electron chi connectivity index (χ2n) is 5.94. The fraction of sp³-hybridized carbons (Fsp3) is 0.0500. The molecule has 7 heteroatoms. The third-order valence-electron chi connectivity index (χ3n) is 4.00. The summed E-state index contributed by atoms with van der Waals surface area (Å²) in [6, 6.07) is 20.0. The van der Waals surface area contributed by atoms with Crippen LogP contribution >= 0.6 is 0 Å². The molecule has 3 N–H and O–H groups in total. The fourth-order valence-corrected chi connectivity index (χ4v) is 3.19. The lowest BCUT2D eigenvalue weighted by molar-refractivity contribution is 0.262. The zero-order valence-electron chi connectivity index (χ0n) is 14.5. The Morgan fingerprint density at radius 2 is 1.52 bits per heavy atom. The van der Waals surface area contributed by atoms with Gasteiger partial charge in [0.25, 0.3) is 10.1 Å². The Kier molecular flexibility index (Phi) is 5.25. The lowest BCUT2D eigenvalue weighted by atomic mass is 9.99. The van der Waals surface area contributed by atoms with Crippen molar-refractivity contribution in [2.24, 2.45) is 0 Å². The van der Waals surface area contributed by atoms with E-state index in [0.29, 0.717) is 22.5 Å². The van der Waals surface area contributed by atoms with Crippen LogP contribution in [0.4, 0.5) is 16.2 Å². The maximum absolute atomic E-state index is 12.3. The van der Waals surface area contributed by atoms with Crippen LogP contribution in [0.1, 0.15) is 5.56 Å². The predicted molar refractivity (Wildman–Crippen MR) is 106 cm³/mol. The zero-order valence-corrected chi connectivity index (χ0v) is 15.3. The highest BCUT2D eigenvalue weighted by Gasteiger charge is 2.15. The summed E-state index contributed by atoms with van der Waals surface area (Å²) in [5, 5.41) is 5.51.